The minimum atomic E-state index is -6.07. The van der Waals surface area contributed by atoms with Crippen molar-refractivity contribution in [2.75, 3.05) is 11.8 Å². The van der Waals surface area contributed by atoms with Gasteiger partial charge in [0.2, 0.25) is 0 Å². The van der Waals surface area contributed by atoms with Crippen molar-refractivity contribution in [2.45, 2.75) is 23.5 Å². The van der Waals surface area contributed by atoms with E-state index in [2.05, 4.69) is 11.7 Å². The molecule has 0 unspecified atom stereocenters. The van der Waals surface area contributed by atoms with E-state index in [1.807, 2.05) is 4.72 Å². The highest BCUT2D eigenvalue weighted by Crippen LogP contribution is 2.49. The third kappa shape index (κ3) is 4.60. The van der Waals surface area contributed by atoms with Gasteiger partial charge < -0.3 is 4.74 Å². The highest BCUT2D eigenvalue weighted by atomic mass is 32.2. The highest BCUT2D eigenvalue weighted by Gasteiger charge is 2.62. The number of aromatic nitrogens is 2. The molecule has 0 atom stereocenters. The number of ether oxygens (including phenoxy) is 1. The van der Waals surface area contributed by atoms with Crippen LogP contribution in [-0.2, 0) is 22.5 Å². The lowest BCUT2D eigenvalue weighted by Gasteiger charge is -2.22. The molecule has 0 amide bonds. The van der Waals surface area contributed by atoms with Gasteiger partial charge >= 0.3 is 12.1 Å². The lowest BCUT2D eigenvalue weighted by atomic mass is 10.0. The normalized spacial score (nSPS) is 12.4. The molecule has 6 nitrogen and oxygen atoms in total. The number of allylic oxidation sites excluding steroid dienone is 1. The van der Waals surface area contributed by atoms with Crippen molar-refractivity contribution >= 4 is 15.8 Å². The van der Waals surface area contributed by atoms with Crippen molar-refractivity contribution in [1.82, 2.24) is 9.78 Å². The van der Waals surface area contributed by atoms with Crippen LogP contribution in [0.15, 0.2) is 66.1 Å². The molecule has 0 radical (unpaired) electrons. The first-order valence-electron chi connectivity index (χ1n) is 9.42. The molecule has 0 bridgehead atoms. The lowest BCUT2D eigenvalue weighted by Crippen LogP contribution is -2.36. The van der Waals surface area contributed by atoms with Gasteiger partial charge in [0.25, 0.3) is 10.0 Å². The quantitative estimate of drug-likeness (QED) is 0.332. The Morgan fingerprint density at radius 1 is 1.12 bits per heavy atom. The zero-order valence-corrected chi connectivity index (χ0v) is 18.2. The second-order valence-electron chi connectivity index (χ2n) is 6.88. The second-order valence-corrected chi connectivity index (χ2v) is 8.57. The molecular formula is C21H17F6N3O3S. The Labute approximate surface area is 190 Å². The minimum Gasteiger partial charge on any atom is -0.494 e. The molecule has 13 heteroatoms. The van der Waals surface area contributed by atoms with Crippen LogP contribution in [0, 0.1) is 5.82 Å². The van der Waals surface area contributed by atoms with Crippen molar-refractivity contribution in [2.24, 2.45) is 0 Å². The molecular weight excluding hydrogens is 488 g/mol. The molecule has 1 heterocycles. The number of methoxy groups -OCH3 is 1. The van der Waals surface area contributed by atoms with Crippen LogP contribution in [0.2, 0.25) is 0 Å². The molecule has 2 aromatic carbocycles. The summed E-state index contributed by atoms with van der Waals surface area (Å²) in [7, 11) is -3.33. The van der Waals surface area contributed by atoms with Crippen molar-refractivity contribution in [3.63, 3.8) is 0 Å². The van der Waals surface area contributed by atoms with Crippen molar-refractivity contribution in [3.8, 4) is 16.9 Å². The number of hydrogen-bond donors (Lipinski definition) is 1. The monoisotopic (exact) mass is 505 g/mol. The summed E-state index contributed by atoms with van der Waals surface area (Å²) in [4.78, 5) is -0.302. The molecule has 34 heavy (non-hydrogen) atoms. The summed E-state index contributed by atoms with van der Waals surface area (Å²) >= 11 is 0. The first-order valence-corrected chi connectivity index (χ1v) is 10.9. The standard InChI is InChI=1S/C21H17F6N3O3S/c1-3-11-30-18(20(23,24)21(25,26)27)17(13-9-10-16(33-2)15(22)12-13)19(28-30)29-34(31,32)14-7-5-4-6-8-14/h3-10,12H,1,11H2,2H3,(H,28,29). The minimum absolute atomic E-state index is 0.265. The predicted octanol–water partition coefficient (Wildman–Crippen LogP) is 5.34. The summed E-state index contributed by atoms with van der Waals surface area (Å²) < 4.78 is 116. The van der Waals surface area contributed by atoms with Crippen LogP contribution in [0.3, 0.4) is 0 Å². The predicted molar refractivity (Wildman–Crippen MR) is 112 cm³/mol. The topological polar surface area (TPSA) is 73.2 Å². The molecule has 0 aliphatic heterocycles. The molecule has 3 rings (SSSR count). The molecule has 0 aliphatic carbocycles. The number of hydrogen-bond acceptors (Lipinski definition) is 4. The fraction of sp³-hybridized carbons (Fsp3) is 0.190. The van der Waals surface area contributed by atoms with Crippen LogP contribution in [0.25, 0.3) is 11.1 Å². The van der Waals surface area contributed by atoms with Gasteiger partial charge in [-0.2, -0.15) is 27.1 Å². The van der Waals surface area contributed by atoms with Gasteiger partial charge in [-0.1, -0.05) is 30.3 Å². The third-order valence-electron chi connectivity index (χ3n) is 4.63. The molecule has 3 aromatic rings. The van der Waals surface area contributed by atoms with E-state index in [9.17, 15) is 34.8 Å². The molecule has 0 spiro atoms. The van der Waals surface area contributed by atoms with E-state index in [1.165, 1.54) is 30.3 Å². The average Bonchev–Trinajstić information content (AvgIpc) is 3.11. The zero-order valence-electron chi connectivity index (χ0n) is 17.4. The van der Waals surface area contributed by atoms with Gasteiger partial charge in [-0.3, -0.25) is 9.40 Å². The number of halogens is 6. The molecule has 0 aliphatic rings. The molecule has 0 fully saturated rings. The van der Waals surface area contributed by atoms with Gasteiger partial charge in [-0.15, -0.1) is 6.58 Å². The lowest BCUT2D eigenvalue weighted by molar-refractivity contribution is -0.291. The Balaban J connectivity index is 2.34. The number of nitrogens with zero attached hydrogens (tertiary/aromatic N) is 2. The van der Waals surface area contributed by atoms with Gasteiger partial charge in [0.15, 0.2) is 17.4 Å². The third-order valence-corrected chi connectivity index (χ3v) is 5.99. The summed E-state index contributed by atoms with van der Waals surface area (Å²) in [5.74, 6) is -7.72. The second kappa shape index (κ2) is 9.05. The summed E-state index contributed by atoms with van der Waals surface area (Å²) in [6.07, 6.45) is -5.07. The average molecular weight is 505 g/mol. The first-order chi connectivity index (χ1) is 15.8. The number of anilines is 1. The maximum Gasteiger partial charge on any atom is 0.459 e. The number of nitrogens with one attached hydrogen (secondary N) is 1. The summed E-state index contributed by atoms with van der Waals surface area (Å²) in [5.41, 5.74) is -3.13. The smallest absolute Gasteiger partial charge is 0.459 e. The van der Waals surface area contributed by atoms with Crippen LogP contribution in [0.4, 0.5) is 32.2 Å². The summed E-state index contributed by atoms with van der Waals surface area (Å²) in [6, 6.07) is 9.30. The fourth-order valence-electron chi connectivity index (χ4n) is 3.12. The van der Waals surface area contributed by atoms with E-state index in [-0.39, 0.29) is 15.3 Å². The Kier molecular flexibility index (Phi) is 6.69. The van der Waals surface area contributed by atoms with Crippen LogP contribution < -0.4 is 9.46 Å². The molecule has 182 valence electrons. The van der Waals surface area contributed by atoms with E-state index in [0.717, 1.165) is 25.3 Å². The molecule has 0 saturated heterocycles. The maximum absolute atomic E-state index is 14.7. The Morgan fingerprint density at radius 3 is 2.29 bits per heavy atom. The summed E-state index contributed by atoms with van der Waals surface area (Å²) in [5, 5.41) is 3.66. The van der Waals surface area contributed by atoms with Gasteiger partial charge in [-0.05, 0) is 29.8 Å². The SMILES string of the molecule is C=CCn1nc(NS(=O)(=O)c2ccccc2)c(-c2ccc(OC)c(F)c2)c1C(F)(F)C(F)(F)F. The zero-order chi connectivity index (χ0) is 25.3. The van der Waals surface area contributed by atoms with Gasteiger partial charge in [0, 0.05) is 0 Å². The molecule has 1 aromatic heterocycles. The van der Waals surface area contributed by atoms with Gasteiger partial charge in [-0.25, -0.2) is 12.8 Å². The Hall–Kier alpha value is -3.48. The van der Waals surface area contributed by atoms with Crippen LogP contribution >= 0.6 is 0 Å². The van der Waals surface area contributed by atoms with Crippen LogP contribution in [0.1, 0.15) is 5.69 Å². The first kappa shape index (κ1) is 25.1. The van der Waals surface area contributed by atoms with E-state index in [0.29, 0.717) is 6.07 Å². The number of sulfonamides is 1. The van der Waals surface area contributed by atoms with E-state index in [1.54, 1.807) is 0 Å². The molecule has 0 saturated carbocycles. The largest absolute Gasteiger partial charge is 0.494 e. The van der Waals surface area contributed by atoms with E-state index < -0.39 is 57.1 Å². The van der Waals surface area contributed by atoms with Crippen molar-refractivity contribution < 1.29 is 39.5 Å². The maximum atomic E-state index is 14.7. The Morgan fingerprint density at radius 2 is 1.76 bits per heavy atom. The van der Waals surface area contributed by atoms with E-state index >= 15 is 0 Å². The van der Waals surface area contributed by atoms with Crippen LogP contribution in [-0.4, -0.2) is 31.5 Å². The van der Waals surface area contributed by atoms with Crippen molar-refractivity contribution in [3.05, 3.63) is 72.7 Å². The van der Waals surface area contributed by atoms with E-state index in [4.69, 9.17) is 4.74 Å². The Bertz CT molecular complexity index is 1310. The fourth-order valence-corrected chi connectivity index (χ4v) is 4.15. The van der Waals surface area contributed by atoms with Gasteiger partial charge in [0.05, 0.1) is 24.1 Å². The van der Waals surface area contributed by atoms with Crippen molar-refractivity contribution in [1.29, 1.82) is 0 Å². The summed E-state index contributed by atoms with van der Waals surface area (Å²) in [6.45, 7) is 2.68. The van der Waals surface area contributed by atoms with Gasteiger partial charge in [0.1, 0.15) is 5.69 Å². The highest BCUT2D eigenvalue weighted by molar-refractivity contribution is 7.92. The number of rotatable bonds is 8. The molecule has 1 N–H and O–H groups in total. The van der Waals surface area contributed by atoms with Crippen LogP contribution in [0.5, 0.6) is 5.75 Å². The number of alkyl halides is 5. The number of benzene rings is 2.